The number of morpholine rings is 1. The van der Waals surface area contributed by atoms with E-state index in [4.69, 9.17) is 9.47 Å². The van der Waals surface area contributed by atoms with Crippen molar-refractivity contribution >= 4 is 5.91 Å². The molecule has 6 nitrogen and oxygen atoms in total. The zero-order chi connectivity index (χ0) is 23.4. The monoisotopic (exact) mass is 458 g/mol. The molecule has 1 aromatic heterocycles. The van der Waals surface area contributed by atoms with Crippen LogP contribution in [0.1, 0.15) is 22.7 Å². The Morgan fingerprint density at radius 1 is 1.12 bits per heavy atom. The normalized spacial score (nSPS) is 16.5. The first-order valence-corrected chi connectivity index (χ1v) is 10.2. The molecule has 1 unspecified atom stereocenters. The van der Waals surface area contributed by atoms with Gasteiger partial charge in [0.1, 0.15) is 23.9 Å². The Morgan fingerprint density at radius 3 is 2.64 bits per heavy atom. The Morgan fingerprint density at radius 2 is 1.88 bits per heavy atom. The van der Waals surface area contributed by atoms with E-state index in [1.165, 1.54) is 24.4 Å². The van der Waals surface area contributed by atoms with Crippen LogP contribution in [0, 0.1) is 6.92 Å². The minimum atomic E-state index is -4.81. The number of pyridine rings is 1. The van der Waals surface area contributed by atoms with Crippen LogP contribution in [0.4, 0.5) is 13.2 Å². The summed E-state index contributed by atoms with van der Waals surface area (Å²) < 4.78 is 53.0. The summed E-state index contributed by atoms with van der Waals surface area (Å²) in [7, 11) is 0. The minimum absolute atomic E-state index is 0.0321. The third-order valence-corrected chi connectivity index (χ3v) is 5.11. The summed E-state index contributed by atoms with van der Waals surface area (Å²) in [6, 6.07) is 14.2. The average Bonchev–Trinajstić information content (AvgIpc) is 2.76. The zero-order valence-corrected chi connectivity index (χ0v) is 17.7. The van der Waals surface area contributed by atoms with Gasteiger partial charge in [-0.15, -0.1) is 13.2 Å². The van der Waals surface area contributed by atoms with Crippen molar-refractivity contribution in [2.24, 2.45) is 0 Å². The van der Waals surface area contributed by atoms with Gasteiger partial charge in [-0.25, -0.2) is 0 Å². The maximum Gasteiger partial charge on any atom is 0.573 e. The summed E-state index contributed by atoms with van der Waals surface area (Å²) in [5.74, 6) is -0.0707. The second-order valence-corrected chi connectivity index (χ2v) is 7.58. The lowest BCUT2D eigenvalue weighted by Crippen LogP contribution is -2.43. The molecule has 2 heterocycles. The van der Waals surface area contributed by atoms with E-state index in [-0.39, 0.29) is 24.9 Å². The molecule has 0 radical (unpaired) electrons. The van der Waals surface area contributed by atoms with Crippen molar-refractivity contribution in [2.75, 3.05) is 13.2 Å². The number of benzene rings is 2. The fourth-order valence-corrected chi connectivity index (χ4v) is 3.55. The predicted molar refractivity (Wildman–Crippen MR) is 113 cm³/mol. The number of hydrogen-bond acceptors (Lipinski definition) is 5. The van der Waals surface area contributed by atoms with Crippen LogP contribution >= 0.6 is 0 Å². The summed E-state index contributed by atoms with van der Waals surface area (Å²) in [6.45, 7) is 2.56. The van der Waals surface area contributed by atoms with E-state index in [2.05, 4.69) is 9.72 Å². The van der Waals surface area contributed by atoms with Crippen LogP contribution < -0.4 is 9.47 Å². The van der Waals surface area contributed by atoms with Crippen molar-refractivity contribution in [1.82, 2.24) is 9.88 Å². The highest BCUT2D eigenvalue weighted by Crippen LogP contribution is 2.36. The predicted octanol–water partition coefficient (Wildman–Crippen LogP) is 5.18. The van der Waals surface area contributed by atoms with Gasteiger partial charge in [-0.1, -0.05) is 35.9 Å². The van der Waals surface area contributed by atoms with Gasteiger partial charge in [0.15, 0.2) is 0 Å². The van der Waals surface area contributed by atoms with Gasteiger partial charge in [0, 0.05) is 30.6 Å². The number of hydrogen-bond donors (Lipinski definition) is 0. The molecule has 1 fully saturated rings. The molecule has 0 saturated carbocycles. The highest BCUT2D eigenvalue weighted by Gasteiger charge is 2.33. The Kier molecular flexibility index (Phi) is 6.50. The molecule has 1 amide bonds. The average molecular weight is 458 g/mol. The fourth-order valence-electron chi connectivity index (χ4n) is 3.55. The van der Waals surface area contributed by atoms with E-state index in [0.717, 1.165) is 17.2 Å². The summed E-state index contributed by atoms with van der Waals surface area (Å²) in [4.78, 5) is 18.6. The largest absolute Gasteiger partial charge is 0.573 e. The maximum absolute atomic E-state index is 12.7. The molecular formula is C24H21F3N2O4. The Bertz CT molecular complexity index is 1120. The molecule has 0 N–H and O–H groups in total. The topological polar surface area (TPSA) is 60.9 Å². The number of rotatable bonds is 6. The van der Waals surface area contributed by atoms with Crippen LogP contribution in [0.5, 0.6) is 17.2 Å². The number of carbonyl (C=O) groups excluding carboxylic acids is 1. The van der Waals surface area contributed by atoms with Crippen molar-refractivity contribution in [3.8, 4) is 17.2 Å². The highest BCUT2D eigenvalue weighted by atomic mass is 19.4. The molecule has 0 aliphatic carbocycles. The van der Waals surface area contributed by atoms with Gasteiger partial charge in [0.05, 0.1) is 12.6 Å². The molecule has 0 bridgehead atoms. The lowest BCUT2D eigenvalue weighted by atomic mass is 10.0. The van der Waals surface area contributed by atoms with E-state index in [1.807, 2.05) is 31.2 Å². The molecule has 1 aliphatic rings. The summed E-state index contributed by atoms with van der Waals surface area (Å²) in [5, 5.41) is 0. The van der Waals surface area contributed by atoms with Crippen molar-refractivity contribution in [1.29, 1.82) is 0 Å². The minimum Gasteiger partial charge on any atom is -0.457 e. The molecule has 4 rings (SSSR count). The first-order chi connectivity index (χ1) is 15.8. The van der Waals surface area contributed by atoms with E-state index in [9.17, 15) is 18.0 Å². The summed E-state index contributed by atoms with van der Waals surface area (Å²) in [6.07, 6.45) is -1.73. The third-order valence-electron chi connectivity index (χ3n) is 5.11. The van der Waals surface area contributed by atoms with E-state index < -0.39 is 18.2 Å². The van der Waals surface area contributed by atoms with Gasteiger partial charge in [-0.3, -0.25) is 9.78 Å². The Balaban J connectivity index is 1.60. The molecular weight excluding hydrogens is 437 g/mol. The number of ether oxygens (including phenoxy) is 3. The maximum atomic E-state index is 12.7. The van der Waals surface area contributed by atoms with Gasteiger partial charge in [-0.2, -0.15) is 0 Å². The van der Waals surface area contributed by atoms with Gasteiger partial charge in [-0.05, 0) is 30.7 Å². The number of halogens is 3. The molecule has 0 spiro atoms. The van der Waals surface area contributed by atoms with Crippen molar-refractivity contribution in [3.63, 3.8) is 0 Å². The quantitative estimate of drug-likeness (QED) is 0.509. The molecule has 9 heteroatoms. The molecule has 172 valence electrons. The molecule has 1 saturated heterocycles. The molecule has 2 aromatic carbocycles. The molecule has 3 aromatic rings. The molecule has 1 aliphatic heterocycles. The van der Waals surface area contributed by atoms with Crippen LogP contribution in [0.25, 0.3) is 0 Å². The SMILES string of the molecule is Cc1ccc(CN2C(=O)COCC2c2cnccc2Oc2cccc(OC(F)(F)F)c2)cc1. The summed E-state index contributed by atoms with van der Waals surface area (Å²) in [5.41, 5.74) is 2.66. The van der Waals surface area contributed by atoms with Crippen molar-refractivity contribution in [2.45, 2.75) is 25.9 Å². The van der Waals surface area contributed by atoms with Gasteiger partial charge < -0.3 is 19.1 Å². The molecule has 1 atom stereocenters. The number of nitrogens with zero attached hydrogens (tertiary/aromatic N) is 2. The Labute approximate surface area is 188 Å². The van der Waals surface area contributed by atoms with Crippen LogP contribution in [0.2, 0.25) is 0 Å². The lowest BCUT2D eigenvalue weighted by Gasteiger charge is -2.36. The number of alkyl halides is 3. The number of amides is 1. The van der Waals surface area contributed by atoms with E-state index >= 15 is 0 Å². The second-order valence-electron chi connectivity index (χ2n) is 7.58. The summed E-state index contributed by atoms with van der Waals surface area (Å²) >= 11 is 0. The van der Waals surface area contributed by atoms with E-state index in [0.29, 0.717) is 17.9 Å². The Hall–Kier alpha value is -3.59. The van der Waals surface area contributed by atoms with Crippen LogP contribution in [0.15, 0.2) is 67.0 Å². The first kappa shape index (κ1) is 22.6. The highest BCUT2D eigenvalue weighted by molar-refractivity contribution is 5.78. The number of carbonyl (C=O) groups is 1. The lowest BCUT2D eigenvalue weighted by molar-refractivity contribution is -0.274. The fraction of sp³-hybridized carbons (Fsp3) is 0.250. The first-order valence-electron chi connectivity index (χ1n) is 10.2. The number of aryl methyl sites for hydroxylation is 1. The standard InChI is InChI=1S/C24H21F3N2O4/c1-16-5-7-17(8-6-16)13-29-21(14-31-15-23(29)30)20-12-28-10-9-22(20)32-18-3-2-4-19(11-18)33-24(25,26)27/h2-12,21H,13-15H2,1H3. The van der Waals surface area contributed by atoms with E-state index in [1.54, 1.807) is 17.2 Å². The van der Waals surface area contributed by atoms with Crippen molar-refractivity contribution in [3.05, 3.63) is 83.7 Å². The van der Waals surface area contributed by atoms with Crippen LogP contribution in [0.3, 0.4) is 0 Å². The van der Waals surface area contributed by atoms with Crippen LogP contribution in [-0.2, 0) is 16.1 Å². The van der Waals surface area contributed by atoms with Gasteiger partial charge >= 0.3 is 6.36 Å². The van der Waals surface area contributed by atoms with Crippen molar-refractivity contribution < 1.29 is 32.2 Å². The zero-order valence-electron chi connectivity index (χ0n) is 17.7. The van der Waals surface area contributed by atoms with Crippen LogP contribution in [-0.4, -0.2) is 35.4 Å². The van der Waals surface area contributed by atoms with Gasteiger partial charge in [0.2, 0.25) is 5.91 Å². The number of aromatic nitrogens is 1. The van der Waals surface area contributed by atoms with Gasteiger partial charge in [0.25, 0.3) is 0 Å². The molecule has 33 heavy (non-hydrogen) atoms. The smallest absolute Gasteiger partial charge is 0.457 e. The second kappa shape index (κ2) is 9.50. The third kappa shape index (κ3) is 5.81.